The van der Waals surface area contributed by atoms with Crippen LogP contribution in [0.2, 0.25) is 0 Å². The van der Waals surface area contributed by atoms with Crippen molar-refractivity contribution in [2.24, 2.45) is 4.99 Å². The van der Waals surface area contributed by atoms with Crippen LogP contribution < -0.4 is 10.6 Å². The molecule has 8 nitrogen and oxygen atoms in total. The monoisotopic (exact) mass is 325 g/mol. The predicted molar refractivity (Wildman–Crippen MR) is 83.9 cm³/mol. The molecule has 0 saturated carbocycles. The molecule has 2 amide bonds. The second-order valence-electron chi connectivity index (χ2n) is 5.41. The zero-order valence-corrected chi connectivity index (χ0v) is 13.1. The van der Waals surface area contributed by atoms with Crippen molar-refractivity contribution >= 4 is 24.0 Å². The second-order valence-corrected chi connectivity index (χ2v) is 5.41. The highest BCUT2D eigenvalue weighted by atomic mass is 16.4. The van der Waals surface area contributed by atoms with Crippen LogP contribution in [-0.2, 0) is 14.4 Å². The summed E-state index contributed by atoms with van der Waals surface area (Å²) in [6, 6.07) is -0.799. The minimum atomic E-state index is -0.963. The summed E-state index contributed by atoms with van der Waals surface area (Å²) in [5.41, 5.74) is 0.716. The van der Waals surface area contributed by atoms with Crippen molar-refractivity contribution in [1.82, 2.24) is 10.6 Å². The number of aliphatic hydroxyl groups excluding tert-OH is 1. The molecule has 128 valence electrons. The maximum absolute atomic E-state index is 12.1. The summed E-state index contributed by atoms with van der Waals surface area (Å²) in [6.45, 7) is 1.64. The first kappa shape index (κ1) is 18.8. The molecule has 1 rings (SSSR count). The molecular formula is C15H23N3O5. The molecule has 0 fully saturated rings. The van der Waals surface area contributed by atoms with Crippen LogP contribution in [0, 0.1) is 0 Å². The van der Waals surface area contributed by atoms with Gasteiger partial charge in [-0.05, 0) is 13.3 Å². The van der Waals surface area contributed by atoms with Gasteiger partial charge < -0.3 is 20.8 Å². The number of amides is 2. The Balaban J connectivity index is 2.55. The highest BCUT2D eigenvalue weighted by Gasteiger charge is 2.22. The normalized spacial score (nSPS) is 15.7. The maximum Gasteiger partial charge on any atom is 0.303 e. The molecule has 2 unspecified atom stereocenters. The molecule has 0 spiro atoms. The van der Waals surface area contributed by atoms with Gasteiger partial charge in [-0.2, -0.15) is 0 Å². The Morgan fingerprint density at radius 1 is 1.35 bits per heavy atom. The number of hydrogen-bond donors (Lipinski definition) is 4. The first-order valence-electron chi connectivity index (χ1n) is 7.57. The molecule has 23 heavy (non-hydrogen) atoms. The number of aliphatic carboxylic acids is 1. The Bertz CT molecular complexity index is 499. The third-order valence-corrected chi connectivity index (χ3v) is 3.15. The van der Waals surface area contributed by atoms with Gasteiger partial charge in [0.1, 0.15) is 6.04 Å². The molecular weight excluding hydrogens is 302 g/mol. The Labute approximate surface area is 134 Å². The standard InChI is InChI=1S/C15H23N3O5/c1-10(19)9-17-15(23)12(8-11-4-3-7-16-11)18-13(20)5-2-6-14(21)22/h4,7,10,12,19H,2-3,5-6,8-9H2,1H3,(H,17,23)(H,18,20)(H,21,22). The maximum atomic E-state index is 12.1. The van der Waals surface area contributed by atoms with Crippen LogP contribution in [0.4, 0.5) is 0 Å². The zero-order valence-electron chi connectivity index (χ0n) is 13.1. The molecule has 8 heteroatoms. The fourth-order valence-electron chi connectivity index (χ4n) is 2.00. The largest absolute Gasteiger partial charge is 0.481 e. The van der Waals surface area contributed by atoms with Crippen LogP contribution in [0.1, 0.15) is 39.0 Å². The van der Waals surface area contributed by atoms with Crippen LogP contribution >= 0.6 is 0 Å². The van der Waals surface area contributed by atoms with Crippen molar-refractivity contribution in [3.05, 3.63) is 11.8 Å². The minimum absolute atomic E-state index is 0.0365. The van der Waals surface area contributed by atoms with Crippen LogP contribution in [0.15, 0.2) is 16.8 Å². The van der Waals surface area contributed by atoms with Crippen molar-refractivity contribution in [2.45, 2.75) is 51.2 Å². The lowest BCUT2D eigenvalue weighted by molar-refractivity contribution is -0.137. The molecule has 1 heterocycles. The predicted octanol–water partition coefficient (Wildman–Crippen LogP) is -0.0284. The fourth-order valence-corrected chi connectivity index (χ4v) is 2.00. The van der Waals surface area contributed by atoms with E-state index in [2.05, 4.69) is 15.6 Å². The van der Waals surface area contributed by atoms with Crippen LogP contribution in [-0.4, -0.2) is 52.9 Å². The SMILES string of the molecule is CC(O)CNC(=O)C(CC1=CCC=N1)NC(=O)CCCC(=O)O. The van der Waals surface area contributed by atoms with Gasteiger partial charge in [0.05, 0.1) is 6.10 Å². The fraction of sp³-hybridized carbons (Fsp3) is 0.600. The number of carboxylic acid groups (broad SMARTS) is 1. The van der Waals surface area contributed by atoms with Crippen molar-refractivity contribution in [1.29, 1.82) is 0 Å². The Kier molecular flexibility index (Phi) is 7.96. The highest BCUT2D eigenvalue weighted by Crippen LogP contribution is 2.13. The smallest absolute Gasteiger partial charge is 0.303 e. The van der Waals surface area contributed by atoms with Gasteiger partial charge in [-0.3, -0.25) is 19.4 Å². The van der Waals surface area contributed by atoms with Crippen molar-refractivity contribution in [2.75, 3.05) is 6.54 Å². The number of nitrogens with one attached hydrogen (secondary N) is 2. The van der Waals surface area contributed by atoms with Gasteiger partial charge in [0.15, 0.2) is 0 Å². The van der Waals surface area contributed by atoms with Gasteiger partial charge in [0.2, 0.25) is 11.8 Å². The topological polar surface area (TPSA) is 128 Å². The van der Waals surface area contributed by atoms with Gasteiger partial charge in [0, 0.05) is 44.1 Å². The summed E-state index contributed by atoms with van der Waals surface area (Å²) in [4.78, 5) is 38.6. The number of carbonyl (C=O) groups excluding carboxylic acids is 2. The van der Waals surface area contributed by atoms with Gasteiger partial charge in [-0.25, -0.2) is 0 Å². The third-order valence-electron chi connectivity index (χ3n) is 3.15. The molecule has 0 aromatic carbocycles. The third kappa shape index (κ3) is 8.10. The molecule has 0 aromatic heterocycles. The van der Waals surface area contributed by atoms with E-state index >= 15 is 0 Å². The molecule has 0 saturated heterocycles. The quantitative estimate of drug-likeness (QED) is 0.448. The lowest BCUT2D eigenvalue weighted by Crippen LogP contribution is -2.48. The van der Waals surface area contributed by atoms with Crippen molar-refractivity contribution < 1.29 is 24.6 Å². The molecule has 0 aliphatic carbocycles. The molecule has 1 aliphatic rings. The number of carbonyl (C=O) groups is 3. The first-order valence-corrected chi connectivity index (χ1v) is 7.57. The molecule has 1 aliphatic heterocycles. The summed E-state index contributed by atoms with van der Waals surface area (Å²) in [6.07, 6.45) is 4.01. The lowest BCUT2D eigenvalue weighted by Gasteiger charge is -2.19. The molecule has 2 atom stereocenters. The molecule has 0 bridgehead atoms. The second kappa shape index (κ2) is 9.73. The van der Waals surface area contributed by atoms with E-state index in [1.165, 1.54) is 0 Å². The minimum Gasteiger partial charge on any atom is -0.481 e. The number of allylic oxidation sites excluding steroid dienone is 1. The van der Waals surface area contributed by atoms with E-state index in [0.717, 1.165) is 0 Å². The van der Waals surface area contributed by atoms with E-state index < -0.39 is 24.0 Å². The highest BCUT2D eigenvalue weighted by molar-refractivity contribution is 5.88. The number of carboxylic acids is 1. The summed E-state index contributed by atoms with van der Waals surface area (Å²) in [5.74, 6) is -1.75. The first-order chi connectivity index (χ1) is 10.9. The number of hydrogen-bond acceptors (Lipinski definition) is 5. The number of nitrogens with zero attached hydrogens (tertiary/aromatic N) is 1. The van der Waals surface area contributed by atoms with Crippen LogP contribution in [0.25, 0.3) is 0 Å². The van der Waals surface area contributed by atoms with Crippen LogP contribution in [0.3, 0.4) is 0 Å². The summed E-state index contributed by atoms with van der Waals surface area (Å²) < 4.78 is 0. The van der Waals surface area contributed by atoms with Crippen LogP contribution in [0.5, 0.6) is 0 Å². The Morgan fingerprint density at radius 2 is 2.09 bits per heavy atom. The Morgan fingerprint density at radius 3 is 2.65 bits per heavy atom. The van der Waals surface area contributed by atoms with Gasteiger partial charge in [-0.1, -0.05) is 6.08 Å². The molecule has 0 radical (unpaired) electrons. The zero-order chi connectivity index (χ0) is 17.2. The van der Waals surface area contributed by atoms with Gasteiger partial charge >= 0.3 is 5.97 Å². The van der Waals surface area contributed by atoms with Gasteiger partial charge in [0.25, 0.3) is 0 Å². The number of aliphatic hydroxyl groups is 1. The van der Waals surface area contributed by atoms with E-state index in [1.807, 2.05) is 6.08 Å². The average Bonchev–Trinajstić information content (AvgIpc) is 2.96. The number of rotatable bonds is 10. The number of aliphatic imine (C=N–C) groups is 1. The van der Waals surface area contributed by atoms with E-state index in [9.17, 15) is 19.5 Å². The summed E-state index contributed by atoms with van der Waals surface area (Å²) in [7, 11) is 0. The van der Waals surface area contributed by atoms with E-state index in [1.54, 1.807) is 13.1 Å². The Hall–Kier alpha value is -2.22. The summed E-state index contributed by atoms with van der Waals surface area (Å²) in [5, 5.41) is 22.9. The van der Waals surface area contributed by atoms with E-state index in [0.29, 0.717) is 12.1 Å². The average molecular weight is 325 g/mol. The van der Waals surface area contributed by atoms with E-state index in [4.69, 9.17) is 5.11 Å². The molecule has 4 N–H and O–H groups in total. The lowest BCUT2D eigenvalue weighted by atomic mass is 10.1. The van der Waals surface area contributed by atoms with E-state index in [-0.39, 0.29) is 38.1 Å². The molecule has 0 aromatic rings. The summed E-state index contributed by atoms with van der Waals surface area (Å²) >= 11 is 0. The van der Waals surface area contributed by atoms with Crippen molar-refractivity contribution in [3.63, 3.8) is 0 Å². The van der Waals surface area contributed by atoms with Crippen molar-refractivity contribution in [3.8, 4) is 0 Å². The van der Waals surface area contributed by atoms with Gasteiger partial charge in [-0.15, -0.1) is 0 Å².